The fraction of sp³-hybridized carbons (Fsp3) is 0.300. The van der Waals surface area contributed by atoms with Gasteiger partial charge < -0.3 is 24.3 Å². The Labute approximate surface area is 167 Å². The Morgan fingerprint density at radius 3 is 2.25 bits per heavy atom. The van der Waals surface area contributed by atoms with Gasteiger partial charge in [0.25, 0.3) is 0 Å². The molecule has 0 saturated carbocycles. The van der Waals surface area contributed by atoms with Crippen LogP contribution >= 0.6 is 11.3 Å². The van der Waals surface area contributed by atoms with Crippen molar-refractivity contribution in [3.63, 3.8) is 0 Å². The molecule has 0 unspecified atom stereocenters. The number of ether oxygens (including phenoxy) is 4. The number of nitrogens with one attached hydrogen (secondary N) is 1. The van der Waals surface area contributed by atoms with E-state index in [1.807, 2.05) is 0 Å². The first-order chi connectivity index (χ1) is 13.4. The van der Waals surface area contributed by atoms with E-state index in [2.05, 4.69) is 5.32 Å². The van der Waals surface area contributed by atoms with Gasteiger partial charge in [-0.05, 0) is 49.2 Å². The first kappa shape index (κ1) is 21.3. The molecule has 0 bridgehead atoms. The molecule has 150 valence electrons. The van der Waals surface area contributed by atoms with E-state index in [4.69, 9.17) is 18.9 Å². The summed E-state index contributed by atoms with van der Waals surface area (Å²) in [6, 6.07) is 5.21. The summed E-state index contributed by atoms with van der Waals surface area (Å²) in [7, 11) is 4.58. The molecular weight excluding hydrogens is 382 g/mol. The molecule has 7 nitrogen and oxygen atoms in total. The fourth-order valence-electron chi connectivity index (χ4n) is 2.48. The third-order valence-electron chi connectivity index (χ3n) is 3.74. The van der Waals surface area contributed by atoms with Gasteiger partial charge in [0.15, 0.2) is 11.5 Å². The predicted molar refractivity (Wildman–Crippen MR) is 109 cm³/mol. The van der Waals surface area contributed by atoms with Crippen LogP contribution in [0.25, 0.3) is 6.08 Å². The molecule has 8 heteroatoms. The molecule has 1 amide bonds. The lowest BCUT2D eigenvalue weighted by atomic mass is 10.1. The molecule has 2 aromatic rings. The lowest BCUT2D eigenvalue weighted by Crippen LogP contribution is -2.06. The van der Waals surface area contributed by atoms with E-state index in [9.17, 15) is 9.59 Å². The highest BCUT2D eigenvalue weighted by atomic mass is 32.1. The smallest absolute Gasteiger partial charge is 0.348 e. The molecular formula is C20H23NO6S. The molecule has 0 aliphatic heterocycles. The van der Waals surface area contributed by atoms with E-state index >= 15 is 0 Å². The van der Waals surface area contributed by atoms with Crippen molar-refractivity contribution in [3.8, 4) is 17.2 Å². The Balaban J connectivity index is 2.14. The van der Waals surface area contributed by atoms with Gasteiger partial charge in [-0.15, -0.1) is 11.3 Å². The molecule has 0 fully saturated rings. The maximum atomic E-state index is 12.2. The zero-order chi connectivity index (χ0) is 20.7. The van der Waals surface area contributed by atoms with Crippen LogP contribution in [0.4, 0.5) is 5.00 Å². The summed E-state index contributed by atoms with van der Waals surface area (Å²) in [4.78, 5) is 24.6. The molecule has 0 atom stereocenters. The second kappa shape index (κ2) is 9.80. The quantitative estimate of drug-likeness (QED) is 0.530. The molecule has 1 N–H and O–H groups in total. The highest BCUT2D eigenvalue weighted by molar-refractivity contribution is 7.18. The van der Waals surface area contributed by atoms with Crippen LogP contribution in [0.5, 0.6) is 17.2 Å². The number of benzene rings is 1. The van der Waals surface area contributed by atoms with Gasteiger partial charge >= 0.3 is 5.97 Å². The summed E-state index contributed by atoms with van der Waals surface area (Å²) in [6.07, 6.45) is 3.02. The Hall–Kier alpha value is -3.00. The lowest BCUT2D eigenvalue weighted by Gasteiger charge is -2.12. The number of carbonyl (C=O) groups is 2. The molecule has 1 heterocycles. The average Bonchev–Trinajstić information content (AvgIpc) is 3.05. The number of carbonyl (C=O) groups excluding carboxylic acids is 2. The molecule has 1 aromatic carbocycles. The van der Waals surface area contributed by atoms with E-state index in [-0.39, 0.29) is 5.91 Å². The van der Waals surface area contributed by atoms with Crippen LogP contribution in [0.3, 0.4) is 0 Å². The summed E-state index contributed by atoms with van der Waals surface area (Å²) in [6.45, 7) is 3.84. The molecule has 0 aliphatic carbocycles. The molecule has 1 aromatic heterocycles. The fourth-order valence-corrected chi connectivity index (χ4v) is 3.45. The zero-order valence-electron chi connectivity index (χ0n) is 16.5. The summed E-state index contributed by atoms with van der Waals surface area (Å²) in [5.74, 6) is 0.751. The van der Waals surface area contributed by atoms with Crippen LogP contribution in [0.1, 0.15) is 27.7 Å². The van der Waals surface area contributed by atoms with Gasteiger partial charge in [-0.1, -0.05) is 0 Å². The Morgan fingerprint density at radius 2 is 1.71 bits per heavy atom. The minimum atomic E-state index is -0.390. The van der Waals surface area contributed by atoms with Crippen molar-refractivity contribution >= 4 is 34.3 Å². The lowest BCUT2D eigenvalue weighted by molar-refractivity contribution is -0.111. The minimum absolute atomic E-state index is 0.301. The molecule has 28 heavy (non-hydrogen) atoms. The van der Waals surface area contributed by atoms with Crippen molar-refractivity contribution in [2.75, 3.05) is 33.3 Å². The molecule has 0 spiro atoms. The second-order valence-electron chi connectivity index (χ2n) is 5.62. The first-order valence-corrected chi connectivity index (χ1v) is 9.31. The van der Waals surface area contributed by atoms with Crippen LogP contribution < -0.4 is 19.5 Å². The van der Waals surface area contributed by atoms with Crippen LogP contribution in [0.15, 0.2) is 24.3 Å². The number of thiophene rings is 1. The molecule has 2 rings (SSSR count). The topological polar surface area (TPSA) is 83.1 Å². The highest BCUT2D eigenvalue weighted by Gasteiger charge is 2.15. The SMILES string of the molecule is CCOC(=O)c1sc(NC(=O)/C=C/c2cc(OC)c(OC)c(OC)c2)cc1C. The number of methoxy groups -OCH3 is 3. The van der Waals surface area contributed by atoms with Gasteiger partial charge in [-0.25, -0.2) is 4.79 Å². The van der Waals surface area contributed by atoms with Gasteiger partial charge in [0.2, 0.25) is 11.7 Å². The Kier molecular flexibility index (Phi) is 7.45. The minimum Gasteiger partial charge on any atom is -0.493 e. The number of amides is 1. The third kappa shape index (κ3) is 5.04. The van der Waals surface area contributed by atoms with Crippen molar-refractivity contribution in [1.82, 2.24) is 0 Å². The van der Waals surface area contributed by atoms with Crippen LogP contribution in [0.2, 0.25) is 0 Å². The summed E-state index contributed by atoms with van der Waals surface area (Å²) >= 11 is 1.18. The van der Waals surface area contributed by atoms with Gasteiger partial charge in [0, 0.05) is 6.08 Å². The first-order valence-electron chi connectivity index (χ1n) is 8.50. The van der Waals surface area contributed by atoms with E-state index in [0.717, 1.165) is 5.56 Å². The number of hydrogen-bond donors (Lipinski definition) is 1. The average molecular weight is 405 g/mol. The standard InChI is InChI=1S/C20H23NO6S/c1-6-27-20(23)19-12(2)9-17(28-19)21-16(22)8-7-13-10-14(24-3)18(26-5)15(11-13)25-4/h7-11H,6H2,1-5H3,(H,21,22)/b8-7+. The van der Waals surface area contributed by atoms with Crippen LogP contribution in [-0.2, 0) is 9.53 Å². The number of rotatable bonds is 8. The van der Waals surface area contributed by atoms with Gasteiger partial charge in [-0.3, -0.25) is 4.79 Å². The third-order valence-corrected chi connectivity index (χ3v) is 4.87. The second-order valence-corrected chi connectivity index (χ2v) is 6.68. The predicted octanol–water partition coefficient (Wildman–Crippen LogP) is 3.91. The van der Waals surface area contributed by atoms with Crippen LogP contribution in [0, 0.1) is 6.92 Å². The number of anilines is 1. The number of hydrogen-bond acceptors (Lipinski definition) is 7. The van der Waals surface area contributed by atoms with Crippen molar-refractivity contribution in [2.45, 2.75) is 13.8 Å². The van der Waals surface area contributed by atoms with Crippen molar-refractivity contribution in [3.05, 3.63) is 40.3 Å². The Morgan fingerprint density at radius 1 is 1.07 bits per heavy atom. The molecule has 0 radical (unpaired) electrons. The monoisotopic (exact) mass is 405 g/mol. The number of esters is 1. The van der Waals surface area contributed by atoms with E-state index in [1.165, 1.54) is 38.7 Å². The van der Waals surface area contributed by atoms with Gasteiger partial charge in [0.1, 0.15) is 4.88 Å². The summed E-state index contributed by atoms with van der Waals surface area (Å²) < 4.78 is 20.9. The summed E-state index contributed by atoms with van der Waals surface area (Å²) in [5.41, 5.74) is 1.46. The van der Waals surface area contributed by atoms with Crippen LogP contribution in [-0.4, -0.2) is 39.8 Å². The Bertz CT molecular complexity index is 862. The largest absolute Gasteiger partial charge is 0.493 e. The highest BCUT2D eigenvalue weighted by Crippen LogP contribution is 2.38. The maximum Gasteiger partial charge on any atom is 0.348 e. The zero-order valence-corrected chi connectivity index (χ0v) is 17.3. The summed E-state index contributed by atoms with van der Waals surface area (Å²) in [5, 5.41) is 3.32. The normalized spacial score (nSPS) is 10.6. The van der Waals surface area contributed by atoms with Crippen molar-refractivity contribution < 1.29 is 28.5 Å². The molecule has 0 saturated heterocycles. The van der Waals surface area contributed by atoms with E-state index < -0.39 is 5.97 Å². The van der Waals surface area contributed by atoms with E-state index in [0.29, 0.717) is 39.3 Å². The van der Waals surface area contributed by atoms with Gasteiger partial charge in [-0.2, -0.15) is 0 Å². The van der Waals surface area contributed by atoms with Crippen molar-refractivity contribution in [2.24, 2.45) is 0 Å². The maximum absolute atomic E-state index is 12.2. The molecule has 0 aliphatic rings. The number of aryl methyl sites for hydroxylation is 1. The van der Waals surface area contributed by atoms with Crippen molar-refractivity contribution in [1.29, 1.82) is 0 Å². The van der Waals surface area contributed by atoms with Gasteiger partial charge in [0.05, 0.1) is 32.9 Å². The van der Waals surface area contributed by atoms with E-state index in [1.54, 1.807) is 38.1 Å².